The van der Waals surface area contributed by atoms with Crippen molar-refractivity contribution in [3.8, 4) is 10.6 Å². The highest BCUT2D eigenvalue weighted by atomic mass is 32.1. The second-order valence-electron chi connectivity index (χ2n) is 5.57. The Balaban J connectivity index is 1.69. The van der Waals surface area contributed by atoms with Crippen molar-refractivity contribution < 1.29 is 14.3 Å². The monoisotopic (exact) mass is 378 g/mol. The van der Waals surface area contributed by atoms with Crippen LogP contribution in [0.2, 0.25) is 0 Å². The lowest BCUT2D eigenvalue weighted by Gasteiger charge is -2.04. The van der Waals surface area contributed by atoms with E-state index in [4.69, 9.17) is 4.74 Å². The van der Waals surface area contributed by atoms with Gasteiger partial charge in [0.2, 0.25) is 0 Å². The van der Waals surface area contributed by atoms with Crippen LogP contribution >= 0.6 is 11.3 Å². The number of esters is 1. The first-order valence-electron chi connectivity index (χ1n) is 8.43. The number of hydrogen-bond donors (Lipinski definition) is 1. The van der Waals surface area contributed by atoms with Gasteiger partial charge in [0.25, 0.3) is 5.91 Å². The average Bonchev–Trinajstić information content (AvgIpc) is 3.18. The minimum atomic E-state index is -0.400. The maximum atomic E-state index is 12.5. The Hall–Kier alpha value is -3.25. The van der Waals surface area contributed by atoms with Crippen LogP contribution in [0.4, 0.5) is 5.69 Å². The third-order valence-electron chi connectivity index (χ3n) is 3.60. The summed E-state index contributed by atoms with van der Waals surface area (Å²) in [6.07, 6.45) is 3.00. The van der Waals surface area contributed by atoms with E-state index in [-0.39, 0.29) is 5.91 Å². The Labute approximate surface area is 161 Å². The molecule has 136 valence electrons. The normalized spacial score (nSPS) is 10.7. The molecule has 0 aliphatic carbocycles. The van der Waals surface area contributed by atoms with Gasteiger partial charge in [0.05, 0.1) is 6.61 Å². The van der Waals surface area contributed by atoms with E-state index >= 15 is 0 Å². The summed E-state index contributed by atoms with van der Waals surface area (Å²) in [5.74, 6) is -0.678. The smallest absolute Gasteiger partial charge is 0.330 e. The van der Waals surface area contributed by atoms with Gasteiger partial charge in [-0.15, -0.1) is 11.3 Å². The standard InChI is InChI=1S/C21H18N2O3S/c1-2-26-19(24)12-11-15-7-6-10-17(13-15)22-20(25)18-14-27-21(23-18)16-8-4-3-5-9-16/h3-14H,2H2,1H3,(H,22,25). The Kier molecular flexibility index (Phi) is 6.12. The Morgan fingerprint density at radius 3 is 2.74 bits per heavy atom. The fourth-order valence-electron chi connectivity index (χ4n) is 2.36. The third-order valence-corrected chi connectivity index (χ3v) is 4.49. The molecule has 0 unspecified atom stereocenters. The molecule has 3 aromatic rings. The van der Waals surface area contributed by atoms with E-state index in [0.29, 0.717) is 18.0 Å². The average molecular weight is 378 g/mol. The van der Waals surface area contributed by atoms with E-state index in [1.165, 1.54) is 17.4 Å². The molecule has 0 saturated heterocycles. The molecule has 0 atom stereocenters. The zero-order valence-corrected chi connectivity index (χ0v) is 15.5. The lowest BCUT2D eigenvalue weighted by atomic mass is 10.2. The number of hydrogen-bond acceptors (Lipinski definition) is 5. The highest BCUT2D eigenvalue weighted by Gasteiger charge is 2.12. The number of amides is 1. The summed E-state index contributed by atoms with van der Waals surface area (Å²) in [5.41, 5.74) is 2.75. The van der Waals surface area contributed by atoms with Gasteiger partial charge in [0.15, 0.2) is 0 Å². The highest BCUT2D eigenvalue weighted by molar-refractivity contribution is 7.13. The fourth-order valence-corrected chi connectivity index (χ4v) is 3.17. The topological polar surface area (TPSA) is 68.3 Å². The molecule has 2 aromatic carbocycles. The predicted octanol–water partition coefficient (Wildman–Crippen LogP) is 4.64. The molecule has 0 bridgehead atoms. The van der Waals surface area contributed by atoms with E-state index < -0.39 is 5.97 Å². The predicted molar refractivity (Wildman–Crippen MR) is 108 cm³/mol. The van der Waals surface area contributed by atoms with E-state index in [9.17, 15) is 9.59 Å². The summed E-state index contributed by atoms with van der Waals surface area (Å²) in [4.78, 5) is 28.3. The molecular formula is C21H18N2O3S. The molecule has 6 heteroatoms. The summed E-state index contributed by atoms with van der Waals surface area (Å²) in [7, 11) is 0. The molecule has 3 rings (SSSR count). The van der Waals surface area contributed by atoms with Crippen LogP contribution in [0.25, 0.3) is 16.6 Å². The third kappa shape index (κ3) is 5.12. The number of nitrogens with one attached hydrogen (secondary N) is 1. The molecule has 5 nitrogen and oxygen atoms in total. The van der Waals surface area contributed by atoms with Gasteiger partial charge >= 0.3 is 5.97 Å². The minimum Gasteiger partial charge on any atom is -0.463 e. The molecule has 27 heavy (non-hydrogen) atoms. The van der Waals surface area contributed by atoms with Gasteiger partial charge in [-0.05, 0) is 30.7 Å². The summed E-state index contributed by atoms with van der Waals surface area (Å²) in [5, 5.41) is 5.37. The molecule has 1 heterocycles. The minimum absolute atomic E-state index is 0.278. The number of benzene rings is 2. The lowest BCUT2D eigenvalue weighted by molar-refractivity contribution is -0.137. The first-order valence-corrected chi connectivity index (χ1v) is 9.31. The van der Waals surface area contributed by atoms with Crippen LogP contribution in [0, 0.1) is 0 Å². The molecule has 0 aliphatic rings. The second-order valence-corrected chi connectivity index (χ2v) is 6.43. The summed E-state index contributed by atoms with van der Waals surface area (Å²) in [6, 6.07) is 16.9. The molecule has 0 radical (unpaired) electrons. The van der Waals surface area contributed by atoms with E-state index in [0.717, 1.165) is 16.1 Å². The Bertz CT molecular complexity index is 964. The SMILES string of the molecule is CCOC(=O)C=Cc1cccc(NC(=O)c2csc(-c3ccccc3)n2)c1. The van der Waals surface area contributed by atoms with Crippen molar-refractivity contribution in [1.82, 2.24) is 4.98 Å². The van der Waals surface area contributed by atoms with Crippen LogP contribution in [0.15, 0.2) is 66.1 Å². The zero-order valence-electron chi connectivity index (χ0n) is 14.7. The maximum Gasteiger partial charge on any atom is 0.330 e. The number of rotatable bonds is 6. The Morgan fingerprint density at radius 1 is 1.15 bits per heavy atom. The number of carbonyl (C=O) groups is 2. The first kappa shape index (κ1) is 18.5. The van der Waals surface area contributed by atoms with Crippen molar-refractivity contribution in [2.75, 3.05) is 11.9 Å². The van der Waals surface area contributed by atoms with Gasteiger partial charge in [-0.1, -0.05) is 42.5 Å². The van der Waals surface area contributed by atoms with Gasteiger partial charge in [-0.3, -0.25) is 4.79 Å². The van der Waals surface area contributed by atoms with Gasteiger partial charge in [-0.25, -0.2) is 9.78 Å². The van der Waals surface area contributed by atoms with Crippen LogP contribution in [-0.4, -0.2) is 23.5 Å². The van der Waals surface area contributed by atoms with Crippen LogP contribution < -0.4 is 5.32 Å². The number of ether oxygens (including phenoxy) is 1. The van der Waals surface area contributed by atoms with Crippen molar-refractivity contribution in [3.63, 3.8) is 0 Å². The van der Waals surface area contributed by atoms with E-state index in [1.54, 1.807) is 36.6 Å². The van der Waals surface area contributed by atoms with Gasteiger partial charge in [0.1, 0.15) is 10.7 Å². The molecule has 0 fully saturated rings. The zero-order chi connectivity index (χ0) is 19.1. The number of thiazole rings is 1. The van der Waals surface area contributed by atoms with Crippen molar-refractivity contribution in [2.45, 2.75) is 6.92 Å². The number of aromatic nitrogens is 1. The van der Waals surface area contributed by atoms with Crippen molar-refractivity contribution >= 4 is 35.0 Å². The molecule has 0 aliphatic heterocycles. The van der Waals surface area contributed by atoms with Gasteiger partial charge < -0.3 is 10.1 Å². The van der Waals surface area contributed by atoms with E-state index in [2.05, 4.69) is 10.3 Å². The van der Waals surface area contributed by atoms with Gasteiger partial charge in [0, 0.05) is 22.7 Å². The summed E-state index contributed by atoms with van der Waals surface area (Å²) in [6.45, 7) is 2.08. The number of nitrogens with zero attached hydrogens (tertiary/aromatic N) is 1. The van der Waals surface area contributed by atoms with E-state index in [1.807, 2.05) is 36.4 Å². The highest BCUT2D eigenvalue weighted by Crippen LogP contribution is 2.24. The molecule has 1 N–H and O–H groups in total. The van der Waals surface area contributed by atoms with Crippen LogP contribution in [-0.2, 0) is 9.53 Å². The molecule has 1 aromatic heterocycles. The van der Waals surface area contributed by atoms with Crippen LogP contribution in [0.1, 0.15) is 23.0 Å². The summed E-state index contributed by atoms with van der Waals surface area (Å²) < 4.78 is 4.85. The number of anilines is 1. The quantitative estimate of drug-likeness (QED) is 0.501. The number of carbonyl (C=O) groups excluding carboxylic acids is 2. The van der Waals surface area contributed by atoms with Crippen molar-refractivity contribution in [3.05, 3.63) is 77.3 Å². The molecule has 1 amide bonds. The van der Waals surface area contributed by atoms with Crippen molar-refractivity contribution in [1.29, 1.82) is 0 Å². The molecule has 0 saturated carbocycles. The van der Waals surface area contributed by atoms with Crippen LogP contribution in [0.5, 0.6) is 0 Å². The van der Waals surface area contributed by atoms with Gasteiger partial charge in [-0.2, -0.15) is 0 Å². The lowest BCUT2D eigenvalue weighted by Crippen LogP contribution is -2.12. The second kappa shape index (κ2) is 8.91. The van der Waals surface area contributed by atoms with Crippen molar-refractivity contribution in [2.24, 2.45) is 0 Å². The summed E-state index contributed by atoms with van der Waals surface area (Å²) >= 11 is 1.43. The molecular weight excluding hydrogens is 360 g/mol. The Morgan fingerprint density at radius 2 is 1.96 bits per heavy atom. The largest absolute Gasteiger partial charge is 0.463 e. The molecule has 0 spiro atoms. The first-order chi connectivity index (χ1) is 13.2. The van der Waals surface area contributed by atoms with Crippen LogP contribution in [0.3, 0.4) is 0 Å². The fraction of sp³-hybridized carbons (Fsp3) is 0.0952. The maximum absolute atomic E-state index is 12.5.